The first kappa shape index (κ1) is 13.9. The number of rotatable bonds is 3. The minimum Gasteiger partial charge on any atom is -0.456 e. The van der Waals surface area contributed by atoms with Crippen LogP contribution in [0.5, 0.6) is 11.5 Å². The largest absolute Gasteiger partial charge is 0.456 e. The monoisotopic (exact) mass is 294 g/mol. The molecule has 0 unspecified atom stereocenters. The zero-order valence-electron chi connectivity index (χ0n) is 10.5. The topological polar surface area (TPSA) is 26.3 Å². The first-order chi connectivity index (χ1) is 9.02. The molecule has 0 radical (unpaired) electrons. The minimum absolute atomic E-state index is 0.345. The standard InChI is InChI=1S/C15H12Cl2O2/c1-9-6-11(16)7-10(2)15(9)19-14-5-3-4-13(17)12(14)8-18/h3-8H,1-2H3. The highest BCUT2D eigenvalue weighted by molar-refractivity contribution is 6.33. The van der Waals surface area contributed by atoms with Crippen molar-refractivity contribution in [3.63, 3.8) is 0 Å². The van der Waals surface area contributed by atoms with Gasteiger partial charge in [0.15, 0.2) is 6.29 Å². The fourth-order valence-electron chi connectivity index (χ4n) is 1.89. The summed E-state index contributed by atoms with van der Waals surface area (Å²) in [6, 6.07) is 8.73. The fraction of sp³-hybridized carbons (Fsp3) is 0.133. The van der Waals surface area contributed by atoms with Gasteiger partial charge in [0.25, 0.3) is 0 Å². The maximum Gasteiger partial charge on any atom is 0.155 e. The summed E-state index contributed by atoms with van der Waals surface area (Å²) in [5.41, 5.74) is 2.15. The summed E-state index contributed by atoms with van der Waals surface area (Å²) in [7, 11) is 0. The Morgan fingerprint density at radius 1 is 1.11 bits per heavy atom. The van der Waals surface area contributed by atoms with Crippen molar-refractivity contribution >= 4 is 29.5 Å². The van der Waals surface area contributed by atoms with Gasteiger partial charge in [0.05, 0.1) is 10.6 Å². The molecule has 0 fully saturated rings. The molecule has 19 heavy (non-hydrogen) atoms. The Bertz CT molecular complexity index is 613. The van der Waals surface area contributed by atoms with E-state index < -0.39 is 0 Å². The molecule has 4 heteroatoms. The van der Waals surface area contributed by atoms with Crippen molar-refractivity contribution in [2.45, 2.75) is 13.8 Å². The highest BCUT2D eigenvalue weighted by atomic mass is 35.5. The summed E-state index contributed by atoms with van der Waals surface area (Å²) in [5.74, 6) is 1.13. The summed E-state index contributed by atoms with van der Waals surface area (Å²) in [5, 5.41) is 1.03. The van der Waals surface area contributed by atoms with Crippen LogP contribution < -0.4 is 4.74 Å². The van der Waals surface area contributed by atoms with Gasteiger partial charge in [-0.2, -0.15) is 0 Å². The molecule has 0 saturated carbocycles. The van der Waals surface area contributed by atoms with E-state index in [1.54, 1.807) is 18.2 Å². The van der Waals surface area contributed by atoms with Crippen LogP contribution in [0.1, 0.15) is 21.5 Å². The van der Waals surface area contributed by atoms with Crippen LogP contribution in [0.25, 0.3) is 0 Å². The third kappa shape index (κ3) is 2.91. The van der Waals surface area contributed by atoms with Gasteiger partial charge < -0.3 is 4.74 Å². The predicted octanol–water partition coefficient (Wildman–Crippen LogP) is 5.22. The van der Waals surface area contributed by atoms with Gasteiger partial charge in [-0.1, -0.05) is 29.3 Å². The van der Waals surface area contributed by atoms with Crippen LogP contribution in [0, 0.1) is 13.8 Å². The number of hydrogen-bond donors (Lipinski definition) is 0. The van der Waals surface area contributed by atoms with Gasteiger partial charge in [0.2, 0.25) is 0 Å². The molecular formula is C15H12Cl2O2. The van der Waals surface area contributed by atoms with Gasteiger partial charge in [-0.15, -0.1) is 0 Å². The number of carbonyl (C=O) groups is 1. The molecule has 0 heterocycles. The van der Waals surface area contributed by atoms with Gasteiger partial charge in [-0.05, 0) is 49.2 Å². The Morgan fingerprint density at radius 2 is 1.74 bits per heavy atom. The second-order valence-corrected chi connectivity index (χ2v) is 5.08. The van der Waals surface area contributed by atoms with Crippen LogP contribution in [-0.4, -0.2) is 6.29 Å². The van der Waals surface area contributed by atoms with E-state index in [2.05, 4.69) is 0 Å². The maximum atomic E-state index is 11.1. The van der Waals surface area contributed by atoms with E-state index in [9.17, 15) is 4.79 Å². The average Bonchev–Trinajstić information content (AvgIpc) is 2.34. The summed E-state index contributed by atoms with van der Waals surface area (Å²) < 4.78 is 5.82. The lowest BCUT2D eigenvalue weighted by atomic mass is 10.1. The van der Waals surface area contributed by atoms with Crippen molar-refractivity contribution in [2.24, 2.45) is 0 Å². The van der Waals surface area contributed by atoms with E-state index in [-0.39, 0.29) is 0 Å². The Labute approximate surface area is 121 Å². The van der Waals surface area contributed by atoms with Crippen molar-refractivity contribution in [1.29, 1.82) is 0 Å². The molecule has 2 nitrogen and oxygen atoms in total. The van der Waals surface area contributed by atoms with Crippen molar-refractivity contribution in [1.82, 2.24) is 0 Å². The third-order valence-corrected chi connectivity index (χ3v) is 3.32. The maximum absolute atomic E-state index is 11.1. The second kappa shape index (κ2) is 5.64. The van der Waals surface area contributed by atoms with Crippen LogP contribution in [0.3, 0.4) is 0 Å². The molecule has 2 aromatic rings. The van der Waals surface area contributed by atoms with Crippen molar-refractivity contribution in [2.75, 3.05) is 0 Å². The smallest absolute Gasteiger partial charge is 0.155 e. The summed E-state index contributed by atoms with van der Waals surface area (Å²) in [4.78, 5) is 11.1. The Hall–Kier alpha value is -1.51. The molecule has 2 aromatic carbocycles. The fourth-order valence-corrected chi connectivity index (χ4v) is 2.43. The molecule has 0 N–H and O–H groups in total. The van der Waals surface area contributed by atoms with Crippen molar-refractivity contribution < 1.29 is 9.53 Å². The number of hydrogen-bond acceptors (Lipinski definition) is 2. The van der Waals surface area contributed by atoms with Gasteiger partial charge in [0, 0.05) is 5.02 Å². The lowest BCUT2D eigenvalue weighted by Crippen LogP contribution is -1.95. The van der Waals surface area contributed by atoms with Crippen LogP contribution in [0.15, 0.2) is 30.3 Å². The van der Waals surface area contributed by atoms with Gasteiger partial charge in [-0.25, -0.2) is 0 Å². The molecular weight excluding hydrogens is 283 g/mol. The van der Waals surface area contributed by atoms with E-state index in [0.717, 1.165) is 11.1 Å². The molecule has 0 bridgehead atoms. The molecule has 0 atom stereocenters. The molecule has 0 spiro atoms. The Balaban J connectivity index is 2.48. The van der Waals surface area contributed by atoms with Crippen LogP contribution in [-0.2, 0) is 0 Å². The summed E-state index contributed by atoms with van der Waals surface area (Å²) >= 11 is 11.9. The van der Waals surface area contributed by atoms with Gasteiger partial charge >= 0.3 is 0 Å². The number of ether oxygens (including phenoxy) is 1. The average molecular weight is 295 g/mol. The van der Waals surface area contributed by atoms with Gasteiger partial charge in [-0.3, -0.25) is 4.79 Å². The highest BCUT2D eigenvalue weighted by Gasteiger charge is 2.12. The van der Waals surface area contributed by atoms with E-state index in [1.165, 1.54) is 0 Å². The van der Waals surface area contributed by atoms with Crippen molar-refractivity contribution in [3.05, 3.63) is 57.1 Å². The number of benzene rings is 2. The van der Waals surface area contributed by atoms with Crippen LogP contribution in [0.4, 0.5) is 0 Å². The first-order valence-corrected chi connectivity index (χ1v) is 6.47. The predicted molar refractivity (Wildman–Crippen MR) is 77.8 cm³/mol. The molecule has 0 saturated heterocycles. The van der Waals surface area contributed by atoms with E-state index in [1.807, 2.05) is 26.0 Å². The zero-order chi connectivity index (χ0) is 14.0. The van der Waals surface area contributed by atoms with Crippen LogP contribution in [0.2, 0.25) is 10.0 Å². The van der Waals surface area contributed by atoms with E-state index >= 15 is 0 Å². The molecule has 0 aliphatic heterocycles. The summed E-state index contributed by atoms with van der Waals surface area (Å²) in [6.07, 6.45) is 0.693. The van der Waals surface area contributed by atoms with Gasteiger partial charge in [0.1, 0.15) is 11.5 Å². The van der Waals surface area contributed by atoms with Crippen molar-refractivity contribution in [3.8, 4) is 11.5 Å². The lowest BCUT2D eigenvalue weighted by Gasteiger charge is -2.14. The second-order valence-electron chi connectivity index (χ2n) is 4.24. The third-order valence-electron chi connectivity index (χ3n) is 2.77. The number of aryl methyl sites for hydroxylation is 2. The van der Waals surface area contributed by atoms with E-state index in [0.29, 0.717) is 33.4 Å². The molecule has 98 valence electrons. The number of halogens is 2. The quantitative estimate of drug-likeness (QED) is 0.726. The molecule has 2 rings (SSSR count). The SMILES string of the molecule is Cc1cc(Cl)cc(C)c1Oc1cccc(Cl)c1C=O. The van der Waals surface area contributed by atoms with Crippen LogP contribution >= 0.6 is 23.2 Å². The zero-order valence-corrected chi connectivity index (χ0v) is 12.0. The Kier molecular flexibility index (Phi) is 4.13. The minimum atomic E-state index is 0.345. The molecule has 0 amide bonds. The molecule has 0 aliphatic carbocycles. The highest BCUT2D eigenvalue weighted by Crippen LogP contribution is 2.34. The number of aldehydes is 1. The van der Waals surface area contributed by atoms with E-state index in [4.69, 9.17) is 27.9 Å². The summed E-state index contributed by atoms with van der Waals surface area (Å²) in [6.45, 7) is 3.80. The lowest BCUT2D eigenvalue weighted by molar-refractivity contribution is 0.112. The number of carbonyl (C=O) groups excluding carboxylic acids is 1. The molecule has 0 aliphatic rings. The normalized spacial score (nSPS) is 10.3. The molecule has 0 aromatic heterocycles. The first-order valence-electron chi connectivity index (χ1n) is 5.71. The Morgan fingerprint density at radius 3 is 2.32 bits per heavy atom.